The molecule has 98 valence electrons. The van der Waals surface area contributed by atoms with Crippen LogP contribution >= 0.6 is 0 Å². The van der Waals surface area contributed by atoms with Gasteiger partial charge in [-0.05, 0) is 45.4 Å². The predicted molar refractivity (Wildman–Crippen MR) is 67.9 cm³/mol. The van der Waals surface area contributed by atoms with Gasteiger partial charge in [0.15, 0.2) is 0 Å². The lowest BCUT2D eigenvalue weighted by Crippen LogP contribution is -2.37. The number of ether oxygens (including phenoxy) is 1. The molecule has 0 aromatic carbocycles. The number of likely N-dealkylation sites (tertiary alicyclic amines) is 1. The molecule has 1 heterocycles. The van der Waals surface area contributed by atoms with Crippen LogP contribution in [0.4, 0.5) is 4.79 Å². The largest absolute Gasteiger partial charge is 0.444 e. The molecule has 1 amide bonds. The fraction of sp³-hybridized carbons (Fsp3) is 0.929. The van der Waals surface area contributed by atoms with Crippen LogP contribution in [0.15, 0.2) is 0 Å². The Morgan fingerprint density at radius 1 is 1.12 bits per heavy atom. The van der Waals surface area contributed by atoms with Gasteiger partial charge >= 0.3 is 6.09 Å². The number of nitrogens with zero attached hydrogens (tertiary/aromatic N) is 1. The van der Waals surface area contributed by atoms with E-state index in [4.69, 9.17) is 4.74 Å². The van der Waals surface area contributed by atoms with Gasteiger partial charge in [-0.2, -0.15) is 0 Å². The maximum Gasteiger partial charge on any atom is 0.410 e. The predicted octanol–water partition coefficient (Wildman–Crippen LogP) is 3.58. The van der Waals surface area contributed by atoms with Crippen LogP contribution in [0.1, 0.15) is 59.3 Å². The molecule has 17 heavy (non-hydrogen) atoms. The normalized spacial score (nSPS) is 24.1. The van der Waals surface area contributed by atoms with E-state index in [-0.39, 0.29) is 11.7 Å². The molecule has 2 fully saturated rings. The highest BCUT2D eigenvalue weighted by Crippen LogP contribution is 2.43. The summed E-state index contributed by atoms with van der Waals surface area (Å²) in [6.07, 6.45) is 7.68. The summed E-state index contributed by atoms with van der Waals surface area (Å²) in [5.74, 6) is 0. The average molecular weight is 239 g/mol. The SMILES string of the molecule is CC(C)(C)OC(=O)N1CCC2(CCCCC2)C1. The second-order valence-corrected chi connectivity index (χ2v) is 6.71. The lowest BCUT2D eigenvalue weighted by Gasteiger charge is -2.33. The van der Waals surface area contributed by atoms with Crippen molar-refractivity contribution in [3.05, 3.63) is 0 Å². The monoisotopic (exact) mass is 239 g/mol. The third kappa shape index (κ3) is 3.14. The lowest BCUT2D eigenvalue weighted by atomic mass is 9.74. The topological polar surface area (TPSA) is 29.5 Å². The summed E-state index contributed by atoms with van der Waals surface area (Å²) in [5.41, 5.74) is 0.0502. The van der Waals surface area contributed by atoms with Crippen LogP contribution in [0, 0.1) is 5.41 Å². The lowest BCUT2D eigenvalue weighted by molar-refractivity contribution is 0.0262. The molecule has 1 aliphatic heterocycles. The van der Waals surface area contributed by atoms with Crippen molar-refractivity contribution >= 4 is 6.09 Å². The van der Waals surface area contributed by atoms with Crippen LogP contribution in [0.25, 0.3) is 0 Å². The summed E-state index contributed by atoms with van der Waals surface area (Å²) < 4.78 is 5.44. The molecule has 0 atom stereocenters. The van der Waals surface area contributed by atoms with E-state index < -0.39 is 0 Å². The number of carbonyl (C=O) groups is 1. The minimum Gasteiger partial charge on any atom is -0.444 e. The number of hydrogen-bond donors (Lipinski definition) is 0. The van der Waals surface area contributed by atoms with E-state index in [9.17, 15) is 4.79 Å². The van der Waals surface area contributed by atoms with Gasteiger partial charge in [-0.1, -0.05) is 19.3 Å². The van der Waals surface area contributed by atoms with Crippen LogP contribution in [0.5, 0.6) is 0 Å². The Morgan fingerprint density at radius 2 is 1.76 bits per heavy atom. The molecule has 0 aromatic heterocycles. The molecule has 3 heteroatoms. The highest BCUT2D eigenvalue weighted by molar-refractivity contribution is 5.68. The summed E-state index contributed by atoms with van der Waals surface area (Å²) in [6, 6.07) is 0. The number of rotatable bonds is 0. The Kier molecular flexibility index (Phi) is 3.37. The van der Waals surface area contributed by atoms with Gasteiger partial charge in [0.1, 0.15) is 5.60 Å². The van der Waals surface area contributed by atoms with E-state index in [0.29, 0.717) is 5.41 Å². The first-order valence-electron chi connectivity index (χ1n) is 6.88. The second-order valence-electron chi connectivity index (χ2n) is 6.71. The van der Waals surface area contributed by atoms with E-state index in [1.54, 1.807) is 0 Å². The summed E-state index contributed by atoms with van der Waals surface area (Å²) in [6.45, 7) is 7.59. The van der Waals surface area contributed by atoms with Crippen molar-refractivity contribution < 1.29 is 9.53 Å². The molecule has 0 radical (unpaired) electrons. The van der Waals surface area contributed by atoms with Crippen LogP contribution in [0.3, 0.4) is 0 Å². The van der Waals surface area contributed by atoms with E-state index in [1.165, 1.54) is 38.5 Å². The molecule has 1 spiro atoms. The molecule has 3 nitrogen and oxygen atoms in total. The third-order valence-electron chi connectivity index (χ3n) is 4.00. The van der Waals surface area contributed by atoms with Crippen LogP contribution in [0.2, 0.25) is 0 Å². The number of amides is 1. The molecule has 2 aliphatic rings. The third-order valence-corrected chi connectivity index (χ3v) is 4.00. The van der Waals surface area contributed by atoms with Gasteiger partial charge in [-0.25, -0.2) is 4.79 Å². The zero-order chi connectivity index (χ0) is 12.5. The minimum atomic E-state index is -0.376. The van der Waals surface area contributed by atoms with Crippen molar-refractivity contribution in [3.63, 3.8) is 0 Å². The molecule has 2 rings (SSSR count). The quantitative estimate of drug-likeness (QED) is 0.646. The van der Waals surface area contributed by atoms with Crippen molar-refractivity contribution in [2.75, 3.05) is 13.1 Å². The molecule has 0 N–H and O–H groups in total. The van der Waals surface area contributed by atoms with Gasteiger partial charge in [0.2, 0.25) is 0 Å². The van der Waals surface area contributed by atoms with Crippen molar-refractivity contribution in [1.29, 1.82) is 0 Å². The first-order valence-corrected chi connectivity index (χ1v) is 6.88. The van der Waals surface area contributed by atoms with Crippen LogP contribution in [-0.4, -0.2) is 29.7 Å². The highest BCUT2D eigenvalue weighted by atomic mass is 16.6. The minimum absolute atomic E-state index is 0.125. The molecule has 0 bridgehead atoms. The maximum atomic E-state index is 12.0. The summed E-state index contributed by atoms with van der Waals surface area (Å²) in [5, 5.41) is 0. The zero-order valence-corrected chi connectivity index (χ0v) is 11.4. The van der Waals surface area contributed by atoms with Gasteiger partial charge in [-0.3, -0.25) is 0 Å². The maximum absolute atomic E-state index is 12.0. The Hall–Kier alpha value is -0.730. The standard InChI is InChI=1S/C14H25NO2/c1-13(2,3)17-12(16)15-10-9-14(11-15)7-5-4-6-8-14/h4-11H2,1-3H3. The Balaban J connectivity index is 1.91. The Labute approximate surface area is 105 Å². The molecule has 1 saturated carbocycles. The molecule has 1 aliphatic carbocycles. The van der Waals surface area contributed by atoms with E-state index >= 15 is 0 Å². The Morgan fingerprint density at radius 3 is 2.35 bits per heavy atom. The summed E-state index contributed by atoms with van der Waals surface area (Å²) >= 11 is 0. The van der Waals surface area contributed by atoms with E-state index in [0.717, 1.165) is 13.1 Å². The highest BCUT2D eigenvalue weighted by Gasteiger charge is 2.41. The molecule has 0 unspecified atom stereocenters. The smallest absolute Gasteiger partial charge is 0.410 e. The van der Waals surface area contributed by atoms with Gasteiger partial charge in [0.05, 0.1) is 0 Å². The van der Waals surface area contributed by atoms with Crippen molar-refractivity contribution in [3.8, 4) is 0 Å². The Bertz CT molecular complexity index is 287. The fourth-order valence-corrected chi connectivity index (χ4v) is 3.13. The molecular weight excluding hydrogens is 214 g/mol. The van der Waals surface area contributed by atoms with Gasteiger partial charge in [-0.15, -0.1) is 0 Å². The van der Waals surface area contributed by atoms with Crippen LogP contribution in [-0.2, 0) is 4.74 Å². The van der Waals surface area contributed by atoms with Crippen molar-refractivity contribution in [1.82, 2.24) is 4.90 Å². The summed E-state index contributed by atoms with van der Waals surface area (Å²) in [7, 11) is 0. The van der Waals surface area contributed by atoms with Gasteiger partial charge in [0, 0.05) is 13.1 Å². The molecule has 0 aromatic rings. The average Bonchev–Trinajstić information content (AvgIpc) is 2.61. The molecule has 1 saturated heterocycles. The van der Waals surface area contributed by atoms with E-state index in [1.807, 2.05) is 25.7 Å². The fourth-order valence-electron chi connectivity index (χ4n) is 3.13. The zero-order valence-electron chi connectivity index (χ0n) is 11.4. The second kappa shape index (κ2) is 4.51. The first-order chi connectivity index (χ1) is 7.90. The van der Waals surface area contributed by atoms with Crippen molar-refractivity contribution in [2.45, 2.75) is 64.9 Å². The van der Waals surface area contributed by atoms with Gasteiger partial charge < -0.3 is 9.64 Å². The van der Waals surface area contributed by atoms with Crippen LogP contribution < -0.4 is 0 Å². The van der Waals surface area contributed by atoms with Gasteiger partial charge in [0.25, 0.3) is 0 Å². The van der Waals surface area contributed by atoms with E-state index in [2.05, 4.69) is 0 Å². The number of hydrogen-bond acceptors (Lipinski definition) is 2. The number of carbonyl (C=O) groups excluding carboxylic acids is 1. The summed E-state index contributed by atoms with van der Waals surface area (Å²) in [4.78, 5) is 13.9. The first kappa shape index (κ1) is 12.7. The molecular formula is C14H25NO2. The van der Waals surface area contributed by atoms with Crippen molar-refractivity contribution in [2.24, 2.45) is 5.41 Å².